The van der Waals surface area contributed by atoms with E-state index in [0.717, 1.165) is 24.1 Å². The summed E-state index contributed by atoms with van der Waals surface area (Å²) in [5.74, 6) is 0.172. The molecule has 0 bridgehead atoms. The van der Waals surface area contributed by atoms with Crippen molar-refractivity contribution in [3.05, 3.63) is 34.9 Å². The number of nitrogens with one attached hydrogen (secondary N) is 1. The van der Waals surface area contributed by atoms with Gasteiger partial charge in [0.25, 0.3) is 0 Å². The van der Waals surface area contributed by atoms with E-state index in [9.17, 15) is 8.42 Å². The number of benzene rings is 1. The van der Waals surface area contributed by atoms with Crippen molar-refractivity contribution in [2.45, 2.75) is 31.3 Å². The zero-order valence-corrected chi connectivity index (χ0v) is 11.2. The lowest BCUT2D eigenvalue weighted by atomic mass is 10.1. The highest BCUT2D eigenvalue weighted by molar-refractivity contribution is 7.91. The van der Waals surface area contributed by atoms with E-state index >= 15 is 0 Å². The van der Waals surface area contributed by atoms with Crippen LogP contribution in [0.15, 0.2) is 18.2 Å². The van der Waals surface area contributed by atoms with E-state index < -0.39 is 9.84 Å². The molecule has 1 unspecified atom stereocenters. The van der Waals surface area contributed by atoms with Crippen molar-refractivity contribution in [2.75, 3.05) is 13.1 Å². The van der Waals surface area contributed by atoms with Crippen LogP contribution in [0.3, 0.4) is 0 Å². The van der Waals surface area contributed by atoms with Crippen LogP contribution in [0.1, 0.15) is 23.1 Å². The molecule has 1 saturated heterocycles. The minimum atomic E-state index is -3.01. The number of rotatable bonds is 3. The van der Waals surface area contributed by atoms with E-state index in [1.165, 1.54) is 5.56 Å². The first-order valence-corrected chi connectivity index (χ1v) is 7.69. The van der Waals surface area contributed by atoms with Crippen LogP contribution < -0.4 is 5.32 Å². The Morgan fingerprint density at radius 2 is 2.12 bits per heavy atom. The van der Waals surface area contributed by atoms with Crippen molar-refractivity contribution in [1.82, 2.24) is 5.32 Å². The molecule has 0 aromatic heterocycles. The van der Waals surface area contributed by atoms with Gasteiger partial charge >= 0.3 is 0 Å². The lowest BCUT2D eigenvalue weighted by Crippen LogP contribution is -2.25. The molecule has 2 rings (SSSR count). The number of hydrogen-bond acceptors (Lipinski definition) is 3. The van der Waals surface area contributed by atoms with Crippen LogP contribution in [0.5, 0.6) is 0 Å². The largest absolute Gasteiger partial charge is 0.315 e. The van der Waals surface area contributed by atoms with Crippen molar-refractivity contribution < 1.29 is 8.42 Å². The molecule has 1 atom stereocenters. The van der Waals surface area contributed by atoms with Crippen molar-refractivity contribution in [1.29, 1.82) is 0 Å². The Hall–Kier alpha value is -0.870. The van der Waals surface area contributed by atoms with Crippen molar-refractivity contribution >= 4 is 9.84 Å². The van der Waals surface area contributed by atoms with Gasteiger partial charge in [0, 0.05) is 6.54 Å². The molecular weight excluding hydrogens is 234 g/mol. The highest BCUT2D eigenvalue weighted by atomic mass is 32.2. The predicted octanol–water partition coefficient (Wildman–Crippen LogP) is 1.58. The van der Waals surface area contributed by atoms with Crippen LogP contribution in [0.4, 0.5) is 0 Å². The molecule has 1 aromatic rings. The van der Waals surface area contributed by atoms with Gasteiger partial charge in [-0.1, -0.05) is 23.8 Å². The first-order chi connectivity index (χ1) is 7.99. The second kappa shape index (κ2) is 4.78. The quantitative estimate of drug-likeness (QED) is 0.889. The zero-order chi connectivity index (χ0) is 12.5. The van der Waals surface area contributed by atoms with Crippen molar-refractivity contribution in [3.63, 3.8) is 0 Å². The summed E-state index contributed by atoms with van der Waals surface area (Å²) in [6, 6.07) is 5.95. The van der Waals surface area contributed by atoms with Crippen LogP contribution >= 0.6 is 0 Å². The highest BCUT2D eigenvalue weighted by Crippen LogP contribution is 2.19. The van der Waals surface area contributed by atoms with Gasteiger partial charge in [0.2, 0.25) is 0 Å². The molecule has 17 heavy (non-hydrogen) atoms. The molecule has 0 spiro atoms. The van der Waals surface area contributed by atoms with Crippen molar-refractivity contribution in [3.8, 4) is 0 Å². The summed E-state index contributed by atoms with van der Waals surface area (Å²) >= 11 is 0. The average Bonchev–Trinajstić information content (AvgIpc) is 2.76. The van der Waals surface area contributed by atoms with Gasteiger partial charge in [0.15, 0.2) is 9.84 Å². The minimum absolute atomic E-state index is 0.172. The Balaban J connectivity index is 2.19. The standard InChI is InChI=1S/C13H19NO2S/c1-10-3-4-12(11(2)7-10)9-17(15,16)13-5-6-14-8-13/h3-4,7,13-14H,5-6,8-9H2,1-2H3. The van der Waals surface area contributed by atoms with Gasteiger partial charge in [0.05, 0.1) is 11.0 Å². The highest BCUT2D eigenvalue weighted by Gasteiger charge is 2.28. The second-order valence-electron chi connectivity index (χ2n) is 4.85. The second-order valence-corrected chi connectivity index (χ2v) is 7.13. The van der Waals surface area contributed by atoms with Crippen molar-refractivity contribution in [2.24, 2.45) is 0 Å². The summed E-state index contributed by atoms with van der Waals surface area (Å²) in [5, 5.41) is 2.90. The number of hydrogen-bond donors (Lipinski definition) is 1. The van der Waals surface area contributed by atoms with Gasteiger partial charge in [0.1, 0.15) is 0 Å². The normalized spacial score (nSPS) is 20.7. The van der Waals surface area contributed by atoms with E-state index in [2.05, 4.69) is 5.32 Å². The smallest absolute Gasteiger partial charge is 0.158 e. The van der Waals surface area contributed by atoms with E-state index in [4.69, 9.17) is 0 Å². The van der Waals surface area contributed by atoms with E-state index in [1.807, 2.05) is 32.0 Å². The van der Waals surface area contributed by atoms with Gasteiger partial charge < -0.3 is 5.32 Å². The third-order valence-electron chi connectivity index (χ3n) is 3.38. The zero-order valence-electron chi connectivity index (χ0n) is 10.4. The van der Waals surface area contributed by atoms with Crippen LogP contribution in [0.25, 0.3) is 0 Å². The fraction of sp³-hybridized carbons (Fsp3) is 0.538. The predicted molar refractivity (Wildman–Crippen MR) is 69.8 cm³/mol. The molecule has 1 aliphatic rings. The van der Waals surface area contributed by atoms with Gasteiger partial charge in [-0.15, -0.1) is 0 Å². The lowest BCUT2D eigenvalue weighted by molar-refractivity contribution is 0.582. The topological polar surface area (TPSA) is 46.2 Å². The molecule has 1 fully saturated rings. The molecule has 1 heterocycles. The van der Waals surface area contributed by atoms with E-state index in [-0.39, 0.29) is 11.0 Å². The number of sulfone groups is 1. The Morgan fingerprint density at radius 3 is 2.71 bits per heavy atom. The number of aryl methyl sites for hydroxylation is 2. The van der Waals surface area contributed by atoms with Crippen LogP contribution in [-0.2, 0) is 15.6 Å². The molecule has 1 aromatic carbocycles. The molecule has 3 nitrogen and oxygen atoms in total. The molecule has 0 amide bonds. The third-order valence-corrected chi connectivity index (χ3v) is 5.51. The van der Waals surface area contributed by atoms with Gasteiger partial charge in [-0.2, -0.15) is 0 Å². The summed E-state index contributed by atoms with van der Waals surface area (Å²) in [6.45, 7) is 5.42. The minimum Gasteiger partial charge on any atom is -0.315 e. The van der Waals surface area contributed by atoms with Crippen LogP contribution in [0.2, 0.25) is 0 Å². The summed E-state index contributed by atoms with van der Waals surface area (Å²) in [4.78, 5) is 0. The average molecular weight is 253 g/mol. The maximum Gasteiger partial charge on any atom is 0.158 e. The molecule has 0 radical (unpaired) electrons. The molecule has 1 aliphatic heterocycles. The van der Waals surface area contributed by atoms with Gasteiger partial charge in [-0.3, -0.25) is 0 Å². The van der Waals surface area contributed by atoms with Gasteiger partial charge in [-0.25, -0.2) is 8.42 Å². The Bertz CT molecular complexity index is 502. The fourth-order valence-electron chi connectivity index (χ4n) is 2.28. The van der Waals surface area contributed by atoms with E-state index in [0.29, 0.717) is 6.54 Å². The molecule has 0 aliphatic carbocycles. The summed E-state index contributed by atoms with van der Waals surface area (Å²) in [7, 11) is -3.01. The maximum absolute atomic E-state index is 12.2. The summed E-state index contributed by atoms with van der Waals surface area (Å²) < 4.78 is 24.4. The Kier molecular flexibility index (Phi) is 3.54. The monoisotopic (exact) mass is 253 g/mol. The summed E-state index contributed by atoms with van der Waals surface area (Å²) in [6.07, 6.45) is 0.743. The third kappa shape index (κ3) is 2.87. The molecule has 1 N–H and O–H groups in total. The molecule has 0 saturated carbocycles. The first kappa shape index (κ1) is 12.6. The van der Waals surface area contributed by atoms with Crippen LogP contribution in [-0.4, -0.2) is 26.8 Å². The SMILES string of the molecule is Cc1ccc(CS(=O)(=O)C2CCNC2)c(C)c1. The molecular formula is C13H19NO2S. The molecule has 94 valence electrons. The molecule has 4 heteroatoms. The Morgan fingerprint density at radius 1 is 1.35 bits per heavy atom. The van der Waals surface area contributed by atoms with E-state index in [1.54, 1.807) is 0 Å². The van der Waals surface area contributed by atoms with Gasteiger partial charge in [-0.05, 0) is 37.9 Å². The Labute approximate surface area is 103 Å². The van der Waals surface area contributed by atoms with Crippen LogP contribution in [0, 0.1) is 13.8 Å². The lowest BCUT2D eigenvalue weighted by Gasteiger charge is -2.12. The first-order valence-electron chi connectivity index (χ1n) is 5.97. The maximum atomic E-state index is 12.2. The summed E-state index contributed by atoms with van der Waals surface area (Å²) in [5.41, 5.74) is 3.17. The fourth-order valence-corrected chi connectivity index (χ4v) is 4.12.